The summed E-state index contributed by atoms with van der Waals surface area (Å²) >= 11 is 4.13. The van der Waals surface area contributed by atoms with Crippen molar-refractivity contribution >= 4 is 36.1 Å². The smallest absolute Gasteiger partial charge is 0.416 e. The normalized spacial score (nSPS) is 17.5. The van der Waals surface area contributed by atoms with Crippen LogP contribution in [0.3, 0.4) is 0 Å². The van der Waals surface area contributed by atoms with Crippen molar-refractivity contribution in [3.05, 3.63) is 70.9 Å². The van der Waals surface area contributed by atoms with Crippen LogP contribution in [-0.2, 0) is 17.5 Å². The van der Waals surface area contributed by atoms with E-state index in [0.29, 0.717) is 50.1 Å². The minimum atomic E-state index is -4.57. The van der Waals surface area contributed by atoms with E-state index in [4.69, 9.17) is 4.74 Å². The number of likely N-dealkylation sites (N-methyl/N-ethyl adjacent to an activating group) is 1. The predicted octanol–water partition coefficient (Wildman–Crippen LogP) is 5.32. The number of nitrogens with one attached hydrogen (secondary N) is 2. The molecule has 14 heteroatoms. The number of benzene rings is 2. The van der Waals surface area contributed by atoms with Gasteiger partial charge in [-0.15, -0.1) is 0 Å². The van der Waals surface area contributed by atoms with E-state index < -0.39 is 17.6 Å². The molecule has 0 aliphatic carbocycles. The van der Waals surface area contributed by atoms with Crippen molar-refractivity contribution in [2.75, 3.05) is 62.2 Å². The average Bonchev–Trinajstić information content (AvgIpc) is 3.51. The number of carbonyl (C=O) groups excluding carboxylic acids is 2. The molecule has 3 heterocycles. The summed E-state index contributed by atoms with van der Waals surface area (Å²) < 4.78 is 48.3. The van der Waals surface area contributed by atoms with E-state index in [1.807, 2.05) is 11.8 Å². The second kappa shape index (κ2) is 15.3. The standard InChI is InChI=1S/C33H40F3N7O3S/c1-3-41-13-15-42(16-14-41)20-24-6-7-25(19-27(24)33(34,35)36)38-31(45)23-5-4-22(2)28(18-23)46-29-8-11-37-32(40-29)39-26-9-12-43(21-26)30(44)10-17-47/h4-8,11,18-19,26,47H,3,9-10,12-17,20-21H2,1-2H3,(H,38,45)(H,37,39,40)/t26-/m0/s1. The van der Waals surface area contributed by atoms with E-state index in [1.54, 1.807) is 29.3 Å². The van der Waals surface area contributed by atoms with E-state index in [-0.39, 0.29) is 41.2 Å². The van der Waals surface area contributed by atoms with Crippen LogP contribution in [0, 0.1) is 6.92 Å². The Morgan fingerprint density at radius 1 is 1.04 bits per heavy atom. The number of halogens is 3. The second-order valence-corrected chi connectivity index (χ2v) is 12.2. The molecule has 0 unspecified atom stereocenters. The van der Waals surface area contributed by atoms with Crippen LogP contribution in [0.2, 0.25) is 0 Å². The van der Waals surface area contributed by atoms with Gasteiger partial charge in [0.1, 0.15) is 5.75 Å². The molecule has 2 aromatic carbocycles. The lowest BCUT2D eigenvalue weighted by molar-refractivity contribution is -0.138. The third kappa shape index (κ3) is 9.14. The minimum Gasteiger partial charge on any atom is -0.439 e. The third-order valence-electron chi connectivity index (χ3n) is 8.47. The second-order valence-electron chi connectivity index (χ2n) is 11.8. The highest BCUT2D eigenvalue weighted by molar-refractivity contribution is 7.80. The Balaban J connectivity index is 1.24. The fraction of sp³-hybridized carbons (Fsp3) is 0.455. The monoisotopic (exact) mass is 671 g/mol. The van der Waals surface area contributed by atoms with E-state index >= 15 is 0 Å². The number of piperazine rings is 1. The Labute approximate surface area is 278 Å². The summed E-state index contributed by atoms with van der Waals surface area (Å²) in [6.45, 7) is 9.23. The minimum absolute atomic E-state index is 0.00803. The molecule has 2 saturated heterocycles. The Morgan fingerprint density at radius 3 is 2.53 bits per heavy atom. The summed E-state index contributed by atoms with van der Waals surface area (Å²) in [6.07, 6.45) is -1.88. The number of hydrogen-bond donors (Lipinski definition) is 3. The number of thiol groups is 1. The maximum absolute atomic E-state index is 14.1. The number of carbonyl (C=O) groups is 2. The fourth-order valence-corrected chi connectivity index (χ4v) is 5.93. The van der Waals surface area contributed by atoms with E-state index in [1.165, 1.54) is 18.2 Å². The molecule has 1 aromatic heterocycles. The number of rotatable bonds is 11. The molecule has 0 bridgehead atoms. The van der Waals surface area contributed by atoms with Crippen LogP contribution in [0.5, 0.6) is 11.6 Å². The number of nitrogens with zero attached hydrogens (tertiary/aromatic N) is 5. The summed E-state index contributed by atoms with van der Waals surface area (Å²) in [5.74, 6) is 0.939. The number of hydrogen-bond acceptors (Lipinski definition) is 9. The van der Waals surface area contributed by atoms with Crippen molar-refractivity contribution < 1.29 is 27.5 Å². The maximum atomic E-state index is 14.1. The highest BCUT2D eigenvalue weighted by Gasteiger charge is 2.34. The first-order chi connectivity index (χ1) is 22.5. The summed E-state index contributed by atoms with van der Waals surface area (Å²) in [5, 5.41) is 5.86. The van der Waals surface area contributed by atoms with Gasteiger partial charge < -0.3 is 25.2 Å². The Hall–Kier alpha value is -3.88. The molecule has 2 amide bonds. The molecular formula is C33H40F3N7O3S. The van der Waals surface area contributed by atoms with Gasteiger partial charge in [0, 0.05) is 81.8 Å². The van der Waals surface area contributed by atoms with Crippen LogP contribution < -0.4 is 15.4 Å². The van der Waals surface area contributed by atoms with E-state index in [2.05, 4.69) is 45.1 Å². The van der Waals surface area contributed by atoms with Crippen LogP contribution in [0.15, 0.2) is 48.7 Å². The van der Waals surface area contributed by atoms with Gasteiger partial charge in [-0.05, 0) is 61.0 Å². The highest BCUT2D eigenvalue weighted by Crippen LogP contribution is 2.35. The summed E-state index contributed by atoms with van der Waals surface area (Å²) in [4.78, 5) is 40.2. The molecule has 2 fully saturated rings. The van der Waals surface area contributed by atoms with Gasteiger partial charge in [-0.3, -0.25) is 14.5 Å². The molecule has 0 spiro atoms. The third-order valence-corrected chi connectivity index (χ3v) is 8.70. The van der Waals surface area contributed by atoms with E-state index in [0.717, 1.165) is 37.7 Å². The lowest BCUT2D eigenvalue weighted by Gasteiger charge is -2.34. The van der Waals surface area contributed by atoms with Gasteiger partial charge in [0.05, 0.1) is 5.56 Å². The molecular weight excluding hydrogens is 631 g/mol. The van der Waals surface area contributed by atoms with Gasteiger partial charge in [0.25, 0.3) is 5.91 Å². The summed E-state index contributed by atoms with van der Waals surface area (Å²) in [5.41, 5.74) is 0.407. The topological polar surface area (TPSA) is 103 Å². The molecule has 2 aliphatic heterocycles. The van der Waals surface area contributed by atoms with Crippen molar-refractivity contribution in [3.8, 4) is 11.6 Å². The summed E-state index contributed by atoms with van der Waals surface area (Å²) in [6, 6.07) is 10.3. The lowest BCUT2D eigenvalue weighted by atomic mass is 10.0. The SMILES string of the molecule is CCN1CCN(Cc2ccc(NC(=O)c3ccc(C)c(Oc4ccnc(N[C@H]5CCN(C(=O)CCS)C5)n4)c3)cc2C(F)(F)F)CC1. The van der Waals surface area contributed by atoms with Crippen molar-refractivity contribution in [1.29, 1.82) is 0 Å². The molecule has 3 aromatic rings. The van der Waals surface area contributed by atoms with Crippen LogP contribution in [0.1, 0.15) is 46.8 Å². The van der Waals surface area contributed by atoms with Gasteiger partial charge >= 0.3 is 6.18 Å². The number of amides is 2. The first-order valence-electron chi connectivity index (χ1n) is 15.7. The number of aryl methyl sites for hydroxylation is 1. The Kier molecular flexibility index (Phi) is 11.3. The Bertz CT molecular complexity index is 1570. The molecule has 47 heavy (non-hydrogen) atoms. The van der Waals surface area contributed by atoms with Gasteiger partial charge in [0.15, 0.2) is 0 Å². The number of alkyl halides is 3. The average molecular weight is 672 g/mol. The van der Waals surface area contributed by atoms with Crippen LogP contribution in [0.25, 0.3) is 0 Å². The fourth-order valence-electron chi connectivity index (χ4n) is 5.74. The zero-order valence-corrected chi connectivity index (χ0v) is 27.4. The summed E-state index contributed by atoms with van der Waals surface area (Å²) in [7, 11) is 0. The molecule has 0 saturated carbocycles. The van der Waals surface area contributed by atoms with Crippen molar-refractivity contribution in [2.24, 2.45) is 0 Å². The molecule has 2 aliphatic rings. The van der Waals surface area contributed by atoms with Gasteiger partial charge in [-0.1, -0.05) is 19.1 Å². The maximum Gasteiger partial charge on any atom is 0.416 e. The van der Waals surface area contributed by atoms with Crippen molar-refractivity contribution in [1.82, 2.24) is 24.7 Å². The van der Waals surface area contributed by atoms with E-state index in [9.17, 15) is 22.8 Å². The van der Waals surface area contributed by atoms with Gasteiger partial charge in [-0.2, -0.15) is 30.8 Å². The quantitative estimate of drug-likeness (QED) is 0.236. The number of aromatic nitrogens is 2. The zero-order chi connectivity index (χ0) is 33.6. The first kappa shape index (κ1) is 34.5. The molecule has 1 atom stereocenters. The Morgan fingerprint density at radius 2 is 1.81 bits per heavy atom. The lowest BCUT2D eigenvalue weighted by Crippen LogP contribution is -2.45. The largest absolute Gasteiger partial charge is 0.439 e. The number of ether oxygens (including phenoxy) is 1. The molecule has 2 N–H and O–H groups in total. The number of likely N-dealkylation sites (tertiary alicyclic amines) is 1. The zero-order valence-electron chi connectivity index (χ0n) is 26.5. The molecule has 252 valence electrons. The predicted molar refractivity (Wildman–Crippen MR) is 177 cm³/mol. The molecule has 0 radical (unpaired) electrons. The number of anilines is 2. The first-order valence-corrected chi connectivity index (χ1v) is 16.4. The van der Waals surface area contributed by atoms with Crippen LogP contribution in [-0.4, -0.2) is 94.1 Å². The van der Waals surface area contributed by atoms with Crippen molar-refractivity contribution in [2.45, 2.75) is 45.5 Å². The van der Waals surface area contributed by atoms with Crippen LogP contribution in [0.4, 0.5) is 24.8 Å². The molecule has 5 rings (SSSR count). The molecule has 10 nitrogen and oxygen atoms in total. The van der Waals surface area contributed by atoms with Crippen LogP contribution >= 0.6 is 12.6 Å². The van der Waals surface area contributed by atoms with Crippen molar-refractivity contribution in [3.63, 3.8) is 0 Å². The van der Waals surface area contributed by atoms with Gasteiger partial charge in [-0.25, -0.2) is 4.98 Å². The van der Waals surface area contributed by atoms with Gasteiger partial charge in [0.2, 0.25) is 17.7 Å². The highest BCUT2D eigenvalue weighted by atomic mass is 32.1.